The molecule has 114 valence electrons. The molecule has 1 rings (SSSR count). The number of hydrogen-bond acceptors (Lipinski definition) is 2. The zero-order valence-electron chi connectivity index (χ0n) is 13.9. The van der Waals surface area contributed by atoms with Gasteiger partial charge in [-0.05, 0) is 43.5 Å². The van der Waals surface area contributed by atoms with Crippen LogP contribution in [0.3, 0.4) is 0 Å². The van der Waals surface area contributed by atoms with Crippen molar-refractivity contribution >= 4 is 0 Å². The summed E-state index contributed by atoms with van der Waals surface area (Å²) in [6.45, 7) is 12.1. The first-order chi connectivity index (χ1) is 9.56. The lowest BCUT2D eigenvalue weighted by molar-refractivity contribution is 0.221. The van der Waals surface area contributed by atoms with E-state index in [1.54, 1.807) is 0 Å². The molecule has 0 radical (unpaired) electrons. The van der Waals surface area contributed by atoms with Crippen LogP contribution in [0.15, 0.2) is 24.3 Å². The maximum Gasteiger partial charge on any atom is 0.0233 e. The molecule has 1 aromatic carbocycles. The van der Waals surface area contributed by atoms with Crippen molar-refractivity contribution in [1.82, 2.24) is 10.2 Å². The Labute approximate surface area is 125 Å². The molecule has 0 atom stereocenters. The topological polar surface area (TPSA) is 15.3 Å². The second-order valence-electron chi connectivity index (χ2n) is 6.23. The van der Waals surface area contributed by atoms with Crippen molar-refractivity contribution in [2.75, 3.05) is 13.6 Å². The summed E-state index contributed by atoms with van der Waals surface area (Å²) in [5.41, 5.74) is 2.81. The summed E-state index contributed by atoms with van der Waals surface area (Å²) in [7, 11) is 2.24. The first kappa shape index (κ1) is 17.2. The predicted octanol–water partition coefficient (Wildman–Crippen LogP) is 4.05. The highest BCUT2D eigenvalue weighted by Gasteiger charge is 2.10. The Hall–Kier alpha value is -0.860. The highest BCUT2D eigenvalue weighted by atomic mass is 15.1. The van der Waals surface area contributed by atoms with Gasteiger partial charge in [0.25, 0.3) is 0 Å². The fraction of sp³-hybridized carbons (Fsp3) is 0.667. The highest BCUT2D eigenvalue weighted by molar-refractivity contribution is 5.23. The molecule has 0 bridgehead atoms. The highest BCUT2D eigenvalue weighted by Crippen LogP contribution is 2.13. The van der Waals surface area contributed by atoms with Crippen LogP contribution in [0.2, 0.25) is 0 Å². The molecule has 2 heteroatoms. The van der Waals surface area contributed by atoms with Gasteiger partial charge in [0, 0.05) is 19.1 Å². The van der Waals surface area contributed by atoms with Crippen LogP contribution in [0.25, 0.3) is 0 Å². The van der Waals surface area contributed by atoms with Crippen LogP contribution < -0.4 is 5.32 Å². The van der Waals surface area contributed by atoms with Gasteiger partial charge in [-0.1, -0.05) is 52.0 Å². The second kappa shape index (κ2) is 9.15. The van der Waals surface area contributed by atoms with E-state index in [-0.39, 0.29) is 0 Å². The van der Waals surface area contributed by atoms with Crippen molar-refractivity contribution in [3.05, 3.63) is 35.4 Å². The molecule has 0 saturated heterocycles. The molecule has 1 N–H and O–H groups in total. The molecular weight excluding hydrogens is 244 g/mol. The van der Waals surface area contributed by atoms with Crippen LogP contribution in [-0.2, 0) is 13.1 Å². The number of nitrogens with one attached hydrogen (secondary N) is 1. The van der Waals surface area contributed by atoms with E-state index < -0.39 is 0 Å². The van der Waals surface area contributed by atoms with Gasteiger partial charge in [-0.2, -0.15) is 0 Å². The molecule has 0 amide bonds. The first-order valence-corrected chi connectivity index (χ1v) is 8.05. The Morgan fingerprint density at radius 3 is 2.35 bits per heavy atom. The Morgan fingerprint density at radius 2 is 1.75 bits per heavy atom. The molecule has 0 spiro atoms. The molecule has 0 heterocycles. The minimum Gasteiger partial charge on any atom is -0.312 e. The van der Waals surface area contributed by atoms with Gasteiger partial charge < -0.3 is 5.32 Å². The van der Waals surface area contributed by atoms with Crippen molar-refractivity contribution in [2.45, 2.75) is 59.7 Å². The van der Waals surface area contributed by atoms with E-state index in [9.17, 15) is 0 Å². The fourth-order valence-electron chi connectivity index (χ4n) is 2.67. The quantitative estimate of drug-likeness (QED) is 0.732. The Kier molecular flexibility index (Phi) is 7.86. The summed E-state index contributed by atoms with van der Waals surface area (Å²) < 4.78 is 0. The lowest BCUT2D eigenvalue weighted by Gasteiger charge is -2.26. The van der Waals surface area contributed by atoms with Gasteiger partial charge in [-0.3, -0.25) is 4.90 Å². The summed E-state index contributed by atoms with van der Waals surface area (Å²) in [5.74, 6) is 0.708. The van der Waals surface area contributed by atoms with E-state index in [0.29, 0.717) is 12.0 Å². The summed E-state index contributed by atoms with van der Waals surface area (Å²) in [6, 6.07) is 9.67. The molecule has 0 unspecified atom stereocenters. The van der Waals surface area contributed by atoms with E-state index in [1.807, 2.05) is 0 Å². The van der Waals surface area contributed by atoms with Crippen LogP contribution in [0.5, 0.6) is 0 Å². The van der Waals surface area contributed by atoms with E-state index in [2.05, 4.69) is 69.2 Å². The van der Waals surface area contributed by atoms with Crippen LogP contribution in [0, 0.1) is 5.92 Å². The fourth-order valence-corrected chi connectivity index (χ4v) is 2.67. The largest absolute Gasteiger partial charge is 0.312 e. The number of nitrogens with zero attached hydrogens (tertiary/aromatic N) is 1. The maximum atomic E-state index is 3.51. The molecule has 0 aromatic heterocycles. The summed E-state index contributed by atoms with van der Waals surface area (Å²) in [5, 5.41) is 3.51. The van der Waals surface area contributed by atoms with Gasteiger partial charge in [0.2, 0.25) is 0 Å². The Morgan fingerprint density at radius 1 is 1.10 bits per heavy atom. The van der Waals surface area contributed by atoms with Gasteiger partial charge in [0.15, 0.2) is 0 Å². The minimum absolute atomic E-state index is 0.692. The molecule has 2 nitrogen and oxygen atoms in total. The molecule has 0 aliphatic heterocycles. The zero-order valence-corrected chi connectivity index (χ0v) is 13.9. The number of hydrogen-bond donors (Lipinski definition) is 1. The lowest BCUT2D eigenvalue weighted by Crippen LogP contribution is -2.30. The Bertz CT molecular complexity index is 369. The van der Waals surface area contributed by atoms with Crippen molar-refractivity contribution in [3.8, 4) is 0 Å². The molecule has 20 heavy (non-hydrogen) atoms. The summed E-state index contributed by atoms with van der Waals surface area (Å²) in [6.07, 6.45) is 2.45. The van der Waals surface area contributed by atoms with Crippen LogP contribution in [0.1, 0.15) is 51.7 Å². The normalized spacial score (nSPS) is 11.8. The van der Waals surface area contributed by atoms with Gasteiger partial charge in [0.05, 0.1) is 0 Å². The van der Waals surface area contributed by atoms with Crippen molar-refractivity contribution < 1.29 is 0 Å². The lowest BCUT2D eigenvalue weighted by atomic mass is 10.1. The third-order valence-corrected chi connectivity index (χ3v) is 3.87. The van der Waals surface area contributed by atoms with E-state index in [4.69, 9.17) is 0 Å². The SMILES string of the molecule is CCC(CC)N(C)Cc1cccc(CNCC(C)C)c1. The summed E-state index contributed by atoms with van der Waals surface area (Å²) in [4.78, 5) is 2.47. The van der Waals surface area contributed by atoms with Gasteiger partial charge in [-0.25, -0.2) is 0 Å². The molecular formula is C18H32N2. The second-order valence-corrected chi connectivity index (χ2v) is 6.23. The molecule has 1 aromatic rings. The summed E-state index contributed by atoms with van der Waals surface area (Å²) >= 11 is 0. The standard InChI is InChI=1S/C18H32N2/c1-6-18(7-2)20(5)14-17-10-8-9-16(11-17)13-19-12-15(3)4/h8-11,15,18-19H,6-7,12-14H2,1-5H3. The minimum atomic E-state index is 0.692. The molecule has 0 fully saturated rings. The van der Waals surface area contributed by atoms with Crippen molar-refractivity contribution in [3.63, 3.8) is 0 Å². The molecule has 0 saturated carbocycles. The van der Waals surface area contributed by atoms with Gasteiger partial charge >= 0.3 is 0 Å². The van der Waals surface area contributed by atoms with Crippen molar-refractivity contribution in [1.29, 1.82) is 0 Å². The van der Waals surface area contributed by atoms with Crippen LogP contribution >= 0.6 is 0 Å². The number of benzene rings is 1. The number of rotatable bonds is 9. The van der Waals surface area contributed by atoms with Gasteiger partial charge in [0.1, 0.15) is 0 Å². The monoisotopic (exact) mass is 276 g/mol. The smallest absolute Gasteiger partial charge is 0.0233 e. The molecule has 0 aliphatic carbocycles. The van der Waals surface area contributed by atoms with Crippen LogP contribution in [0.4, 0.5) is 0 Å². The van der Waals surface area contributed by atoms with E-state index in [0.717, 1.165) is 19.6 Å². The van der Waals surface area contributed by atoms with Gasteiger partial charge in [-0.15, -0.1) is 0 Å². The average molecular weight is 276 g/mol. The van der Waals surface area contributed by atoms with Crippen molar-refractivity contribution in [2.24, 2.45) is 5.92 Å². The third kappa shape index (κ3) is 6.06. The van der Waals surface area contributed by atoms with E-state index in [1.165, 1.54) is 24.0 Å². The predicted molar refractivity (Wildman–Crippen MR) is 88.8 cm³/mol. The van der Waals surface area contributed by atoms with E-state index >= 15 is 0 Å². The molecule has 0 aliphatic rings. The maximum absolute atomic E-state index is 3.51. The zero-order chi connectivity index (χ0) is 15.0. The van der Waals surface area contributed by atoms with Crippen LogP contribution in [-0.4, -0.2) is 24.5 Å². The Balaban J connectivity index is 2.54. The average Bonchev–Trinajstić information content (AvgIpc) is 2.40. The first-order valence-electron chi connectivity index (χ1n) is 8.05. The third-order valence-electron chi connectivity index (χ3n) is 3.87.